The molecule has 1 amide bonds. The van der Waals surface area contributed by atoms with Gasteiger partial charge in [0.05, 0.1) is 0 Å². The maximum Gasteiger partial charge on any atom is 0.326 e. The molecule has 7 nitrogen and oxygen atoms in total. The molecule has 0 saturated heterocycles. The van der Waals surface area contributed by atoms with E-state index in [1.165, 1.54) is 0 Å². The van der Waals surface area contributed by atoms with Gasteiger partial charge in [-0.1, -0.05) is 13.8 Å². The van der Waals surface area contributed by atoms with Crippen LogP contribution in [0.5, 0.6) is 0 Å². The second-order valence-corrected chi connectivity index (χ2v) is 4.87. The lowest BCUT2D eigenvalue weighted by atomic mass is 10.0. The maximum absolute atomic E-state index is 11.5. The van der Waals surface area contributed by atoms with Crippen LogP contribution in [0.15, 0.2) is 0 Å². The molecule has 114 valence electrons. The Morgan fingerprint density at radius 1 is 1.00 bits per heavy atom. The number of aliphatic carboxylic acids is 2. The Balaban J connectivity index is 4.20. The Morgan fingerprint density at radius 2 is 1.60 bits per heavy atom. The van der Waals surface area contributed by atoms with Gasteiger partial charge in [0.1, 0.15) is 11.8 Å². The molecule has 0 aromatic carbocycles. The Labute approximate surface area is 117 Å². The van der Waals surface area contributed by atoms with Gasteiger partial charge < -0.3 is 15.5 Å². The molecule has 0 spiro atoms. The summed E-state index contributed by atoms with van der Waals surface area (Å²) in [6.45, 7) is 3.45. The Kier molecular flexibility index (Phi) is 8.19. The van der Waals surface area contributed by atoms with Crippen LogP contribution in [0.1, 0.15) is 46.0 Å². The van der Waals surface area contributed by atoms with Crippen LogP contribution in [-0.4, -0.2) is 39.9 Å². The van der Waals surface area contributed by atoms with Crippen LogP contribution in [0.3, 0.4) is 0 Å². The van der Waals surface area contributed by atoms with Crippen LogP contribution in [0.2, 0.25) is 0 Å². The van der Waals surface area contributed by atoms with E-state index >= 15 is 0 Å². The predicted molar refractivity (Wildman–Crippen MR) is 70.1 cm³/mol. The average molecular weight is 287 g/mol. The number of ketones is 1. The first-order valence-electron chi connectivity index (χ1n) is 6.50. The lowest BCUT2D eigenvalue weighted by molar-refractivity contribution is -0.142. The number of nitrogens with one attached hydrogen (secondary N) is 1. The molecule has 20 heavy (non-hydrogen) atoms. The number of carbonyl (C=O) groups excluding carboxylic acids is 2. The highest BCUT2D eigenvalue weighted by atomic mass is 16.4. The van der Waals surface area contributed by atoms with Gasteiger partial charge in [0.15, 0.2) is 0 Å². The largest absolute Gasteiger partial charge is 0.481 e. The summed E-state index contributed by atoms with van der Waals surface area (Å²) >= 11 is 0. The SMILES string of the molecule is CC(C)C(=O)CC[C@H](NC(=O)CCCC(=O)O)C(=O)O. The molecule has 1 atom stereocenters. The Bertz CT molecular complexity index is 377. The van der Waals surface area contributed by atoms with Crippen molar-refractivity contribution in [3.05, 3.63) is 0 Å². The summed E-state index contributed by atoms with van der Waals surface area (Å²) in [7, 11) is 0. The first-order valence-corrected chi connectivity index (χ1v) is 6.50. The third-order valence-corrected chi connectivity index (χ3v) is 2.75. The molecule has 0 unspecified atom stereocenters. The Morgan fingerprint density at radius 3 is 2.05 bits per heavy atom. The normalized spacial score (nSPS) is 11.9. The number of carboxylic acid groups (broad SMARTS) is 2. The van der Waals surface area contributed by atoms with Crippen molar-refractivity contribution in [3.63, 3.8) is 0 Å². The first-order chi connectivity index (χ1) is 9.23. The van der Waals surface area contributed by atoms with Crippen molar-refractivity contribution < 1.29 is 29.4 Å². The van der Waals surface area contributed by atoms with Crippen molar-refractivity contribution in [2.75, 3.05) is 0 Å². The molecule has 0 aromatic rings. The summed E-state index contributed by atoms with van der Waals surface area (Å²) < 4.78 is 0. The van der Waals surface area contributed by atoms with Gasteiger partial charge in [-0.25, -0.2) is 4.79 Å². The summed E-state index contributed by atoms with van der Waals surface area (Å²) in [4.78, 5) is 44.2. The maximum atomic E-state index is 11.5. The van der Waals surface area contributed by atoms with Crippen LogP contribution in [0.25, 0.3) is 0 Å². The lowest BCUT2D eigenvalue weighted by Gasteiger charge is -2.14. The molecule has 0 radical (unpaired) electrons. The van der Waals surface area contributed by atoms with Gasteiger partial charge in [0.25, 0.3) is 0 Å². The molecule has 0 saturated carbocycles. The van der Waals surface area contributed by atoms with Gasteiger partial charge in [-0.3, -0.25) is 14.4 Å². The minimum atomic E-state index is -1.20. The zero-order chi connectivity index (χ0) is 15.7. The van der Waals surface area contributed by atoms with Gasteiger partial charge in [-0.05, 0) is 12.8 Å². The highest BCUT2D eigenvalue weighted by Gasteiger charge is 2.21. The van der Waals surface area contributed by atoms with E-state index in [1.807, 2.05) is 0 Å². The third-order valence-electron chi connectivity index (χ3n) is 2.75. The molecule has 0 bridgehead atoms. The fourth-order valence-electron chi connectivity index (χ4n) is 1.50. The van der Waals surface area contributed by atoms with Gasteiger partial charge in [0, 0.05) is 25.2 Å². The van der Waals surface area contributed by atoms with Crippen molar-refractivity contribution in [2.24, 2.45) is 5.92 Å². The summed E-state index contributed by atoms with van der Waals surface area (Å²) in [5.74, 6) is -2.95. The molecule has 3 N–H and O–H groups in total. The first kappa shape index (κ1) is 18.1. The topological polar surface area (TPSA) is 121 Å². The van der Waals surface area contributed by atoms with Crippen molar-refractivity contribution in [3.8, 4) is 0 Å². The van der Waals surface area contributed by atoms with Crippen molar-refractivity contribution in [1.82, 2.24) is 5.32 Å². The minimum Gasteiger partial charge on any atom is -0.481 e. The van der Waals surface area contributed by atoms with Crippen molar-refractivity contribution >= 4 is 23.6 Å². The monoisotopic (exact) mass is 287 g/mol. The van der Waals surface area contributed by atoms with Crippen LogP contribution < -0.4 is 5.32 Å². The predicted octanol–water partition coefficient (Wildman–Crippen LogP) is 0.816. The van der Waals surface area contributed by atoms with Gasteiger partial charge >= 0.3 is 11.9 Å². The quantitative estimate of drug-likeness (QED) is 0.547. The summed E-state index contributed by atoms with van der Waals surface area (Å²) in [6, 6.07) is -1.12. The molecule has 0 aliphatic rings. The van der Waals surface area contributed by atoms with E-state index in [-0.39, 0.29) is 43.8 Å². The highest BCUT2D eigenvalue weighted by Crippen LogP contribution is 2.06. The van der Waals surface area contributed by atoms with E-state index in [0.29, 0.717) is 0 Å². The number of amides is 1. The number of rotatable bonds is 10. The van der Waals surface area contributed by atoms with Gasteiger partial charge in [0.2, 0.25) is 5.91 Å². The minimum absolute atomic E-state index is 0.0387. The summed E-state index contributed by atoms with van der Waals surface area (Å²) in [6.07, 6.45) is 0.0880. The van der Waals surface area contributed by atoms with Crippen molar-refractivity contribution in [1.29, 1.82) is 0 Å². The zero-order valence-electron chi connectivity index (χ0n) is 11.7. The standard InChI is InChI=1S/C13H21NO6/c1-8(2)10(15)7-6-9(13(19)20)14-11(16)4-3-5-12(17)18/h8-9H,3-7H2,1-2H3,(H,14,16)(H,17,18)(H,19,20)/t9-/m0/s1. The van der Waals surface area contributed by atoms with Crippen LogP contribution >= 0.6 is 0 Å². The number of hydrogen-bond donors (Lipinski definition) is 3. The molecular weight excluding hydrogens is 266 g/mol. The summed E-state index contributed by atoms with van der Waals surface area (Å²) in [5.41, 5.74) is 0. The van der Waals surface area contributed by atoms with Crippen LogP contribution in [0, 0.1) is 5.92 Å². The van der Waals surface area contributed by atoms with E-state index in [1.54, 1.807) is 13.8 Å². The van der Waals surface area contributed by atoms with Crippen molar-refractivity contribution in [2.45, 2.75) is 52.0 Å². The van der Waals surface area contributed by atoms with E-state index < -0.39 is 23.9 Å². The van der Waals surface area contributed by atoms with Crippen LogP contribution in [-0.2, 0) is 19.2 Å². The number of carboxylic acids is 2. The van der Waals surface area contributed by atoms with E-state index in [2.05, 4.69) is 5.32 Å². The average Bonchev–Trinajstić information content (AvgIpc) is 2.32. The number of carbonyl (C=O) groups is 4. The van der Waals surface area contributed by atoms with Crippen LogP contribution in [0.4, 0.5) is 0 Å². The number of Topliss-reactive ketones (excluding diaryl/α,β-unsaturated/α-hetero) is 1. The van der Waals surface area contributed by atoms with Gasteiger partial charge in [-0.15, -0.1) is 0 Å². The van der Waals surface area contributed by atoms with E-state index in [4.69, 9.17) is 10.2 Å². The number of hydrogen-bond acceptors (Lipinski definition) is 4. The molecule has 0 heterocycles. The molecule has 0 rings (SSSR count). The van der Waals surface area contributed by atoms with E-state index in [9.17, 15) is 19.2 Å². The fraction of sp³-hybridized carbons (Fsp3) is 0.692. The second kappa shape index (κ2) is 9.06. The zero-order valence-corrected chi connectivity index (χ0v) is 11.7. The molecule has 0 aliphatic heterocycles. The molecule has 7 heteroatoms. The third kappa shape index (κ3) is 8.23. The Hall–Kier alpha value is -1.92. The molecule has 0 fully saturated rings. The second-order valence-electron chi connectivity index (χ2n) is 4.87. The van der Waals surface area contributed by atoms with Gasteiger partial charge in [-0.2, -0.15) is 0 Å². The highest BCUT2D eigenvalue weighted by molar-refractivity contribution is 5.85. The molecular formula is C13H21NO6. The fourth-order valence-corrected chi connectivity index (χ4v) is 1.50. The smallest absolute Gasteiger partial charge is 0.326 e. The molecule has 0 aromatic heterocycles. The lowest BCUT2D eigenvalue weighted by Crippen LogP contribution is -2.41. The molecule has 0 aliphatic carbocycles. The summed E-state index contributed by atoms with van der Waals surface area (Å²) in [5, 5.41) is 19.7. The van der Waals surface area contributed by atoms with E-state index in [0.717, 1.165) is 0 Å².